The minimum atomic E-state index is -3.34. The first kappa shape index (κ1) is 14.1. The van der Waals surface area contributed by atoms with E-state index < -0.39 is 21.9 Å². The average molecular weight is 235 g/mol. The summed E-state index contributed by atoms with van der Waals surface area (Å²) in [6.07, 6.45) is 1.31. The Morgan fingerprint density at radius 2 is 2.13 bits per heavy atom. The van der Waals surface area contributed by atoms with E-state index in [0.717, 1.165) is 4.31 Å². The quantitative estimate of drug-likeness (QED) is 0.489. The van der Waals surface area contributed by atoms with E-state index in [4.69, 9.17) is 0 Å². The van der Waals surface area contributed by atoms with Crippen LogP contribution in [-0.4, -0.2) is 45.1 Å². The number of sulfonamides is 1. The number of esters is 1. The van der Waals surface area contributed by atoms with Crippen molar-refractivity contribution in [1.29, 1.82) is 0 Å². The molecule has 0 heterocycles. The number of methoxy groups -OCH3 is 1. The van der Waals surface area contributed by atoms with Gasteiger partial charge in [-0.25, -0.2) is 12.7 Å². The zero-order valence-electron chi connectivity index (χ0n) is 9.26. The van der Waals surface area contributed by atoms with Gasteiger partial charge >= 0.3 is 5.97 Å². The number of ether oxygens (including phenoxy) is 1. The van der Waals surface area contributed by atoms with Crippen LogP contribution in [0.4, 0.5) is 0 Å². The molecule has 6 heteroatoms. The second-order valence-electron chi connectivity index (χ2n) is 3.27. The third-order valence-corrected chi connectivity index (χ3v) is 3.69. The van der Waals surface area contributed by atoms with Gasteiger partial charge in [0.25, 0.3) is 0 Å². The Kier molecular flexibility index (Phi) is 5.53. The molecule has 0 aliphatic carbocycles. The number of nitrogens with zero attached hydrogens (tertiary/aromatic N) is 1. The Hall–Kier alpha value is -0.880. The summed E-state index contributed by atoms with van der Waals surface area (Å²) < 4.78 is 28.6. The normalized spacial score (nSPS) is 13.6. The molecule has 5 nitrogen and oxygen atoms in total. The third-order valence-electron chi connectivity index (χ3n) is 1.94. The average Bonchev–Trinajstić information content (AvgIpc) is 2.16. The molecule has 0 N–H and O–H groups in total. The molecule has 0 fully saturated rings. The molecule has 0 radical (unpaired) electrons. The van der Waals surface area contributed by atoms with E-state index in [-0.39, 0.29) is 12.3 Å². The molecule has 0 aromatic carbocycles. The van der Waals surface area contributed by atoms with Crippen molar-refractivity contribution in [1.82, 2.24) is 4.31 Å². The summed E-state index contributed by atoms with van der Waals surface area (Å²) in [5.41, 5.74) is 0. The zero-order valence-corrected chi connectivity index (χ0v) is 10.1. The van der Waals surface area contributed by atoms with Gasteiger partial charge in [0.15, 0.2) is 0 Å². The summed E-state index contributed by atoms with van der Waals surface area (Å²) >= 11 is 0. The van der Waals surface area contributed by atoms with E-state index >= 15 is 0 Å². The maximum absolute atomic E-state index is 11.5. The van der Waals surface area contributed by atoms with Crippen molar-refractivity contribution in [2.24, 2.45) is 5.92 Å². The molecular weight excluding hydrogens is 218 g/mol. The molecule has 0 spiro atoms. The summed E-state index contributed by atoms with van der Waals surface area (Å²) in [5, 5.41) is 0. The minimum Gasteiger partial charge on any atom is -0.469 e. The Balaban J connectivity index is 4.42. The number of hydrogen-bond acceptors (Lipinski definition) is 4. The van der Waals surface area contributed by atoms with Gasteiger partial charge in [-0.05, 0) is 0 Å². The van der Waals surface area contributed by atoms with Crippen molar-refractivity contribution < 1.29 is 17.9 Å². The highest BCUT2D eigenvalue weighted by molar-refractivity contribution is 7.89. The van der Waals surface area contributed by atoms with E-state index in [2.05, 4.69) is 11.3 Å². The summed E-state index contributed by atoms with van der Waals surface area (Å²) in [5.74, 6) is -1.02. The molecule has 1 unspecified atom stereocenters. The molecule has 1 atom stereocenters. The van der Waals surface area contributed by atoms with Gasteiger partial charge in [-0.2, -0.15) is 0 Å². The van der Waals surface area contributed by atoms with Crippen LogP contribution in [0.3, 0.4) is 0 Å². The summed E-state index contributed by atoms with van der Waals surface area (Å²) in [4.78, 5) is 11.1. The van der Waals surface area contributed by atoms with Gasteiger partial charge in [0.2, 0.25) is 10.0 Å². The Bertz CT molecular complexity index is 323. The van der Waals surface area contributed by atoms with Gasteiger partial charge < -0.3 is 4.74 Å². The van der Waals surface area contributed by atoms with E-state index in [1.54, 1.807) is 6.92 Å². The van der Waals surface area contributed by atoms with Crippen LogP contribution in [0, 0.1) is 5.92 Å². The van der Waals surface area contributed by atoms with E-state index in [9.17, 15) is 13.2 Å². The molecule has 0 rings (SSSR count). The SMILES string of the molecule is C=CCS(=O)(=O)N(C)CC(C)C(=O)OC. The fourth-order valence-corrected chi connectivity index (χ4v) is 2.05. The van der Waals surface area contributed by atoms with Gasteiger partial charge in [0, 0.05) is 13.6 Å². The van der Waals surface area contributed by atoms with E-state index in [1.165, 1.54) is 20.2 Å². The lowest BCUT2D eigenvalue weighted by atomic mass is 10.2. The fraction of sp³-hybridized carbons (Fsp3) is 0.667. The molecule has 0 aromatic heterocycles. The second kappa shape index (κ2) is 5.87. The Morgan fingerprint density at radius 1 is 1.60 bits per heavy atom. The highest BCUT2D eigenvalue weighted by atomic mass is 32.2. The van der Waals surface area contributed by atoms with Gasteiger partial charge in [-0.15, -0.1) is 6.58 Å². The topological polar surface area (TPSA) is 63.7 Å². The van der Waals surface area contributed by atoms with Crippen LogP contribution >= 0.6 is 0 Å². The van der Waals surface area contributed by atoms with Gasteiger partial charge in [0.1, 0.15) is 0 Å². The van der Waals surface area contributed by atoms with Crippen LogP contribution in [0.1, 0.15) is 6.92 Å². The molecule has 88 valence electrons. The molecule has 0 saturated carbocycles. The maximum atomic E-state index is 11.5. The Labute approximate surface area is 90.8 Å². The van der Waals surface area contributed by atoms with Crippen molar-refractivity contribution in [3.8, 4) is 0 Å². The van der Waals surface area contributed by atoms with Crippen LogP contribution in [0.25, 0.3) is 0 Å². The Morgan fingerprint density at radius 3 is 2.53 bits per heavy atom. The van der Waals surface area contributed by atoms with E-state index in [0.29, 0.717) is 0 Å². The van der Waals surface area contributed by atoms with E-state index in [1.807, 2.05) is 0 Å². The summed E-state index contributed by atoms with van der Waals surface area (Å²) in [6, 6.07) is 0. The highest BCUT2D eigenvalue weighted by Gasteiger charge is 2.22. The molecule has 15 heavy (non-hydrogen) atoms. The van der Waals surface area contributed by atoms with Crippen molar-refractivity contribution in [3.05, 3.63) is 12.7 Å². The smallest absolute Gasteiger partial charge is 0.309 e. The van der Waals surface area contributed by atoms with Crippen LogP contribution in [0.15, 0.2) is 12.7 Å². The van der Waals surface area contributed by atoms with Gasteiger partial charge in [-0.3, -0.25) is 4.79 Å². The molecular formula is C9H17NO4S. The number of rotatable bonds is 6. The predicted molar refractivity (Wildman–Crippen MR) is 57.8 cm³/mol. The first-order valence-corrected chi connectivity index (χ1v) is 6.08. The monoisotopic (exact) mass is 235 g/mol. The number of carbonyl (C=O) groups is 1. The number of carbonyl (C=O) groups excluding carboxylic acids is 1. The standard InChI is InChI=1S/C9H17NO4S/c1-5-6-15(12,13)10(3)7-8(2)9(11)14-4/h5,8H,1,6-7H2,2-4H3. The van der Waals surface area contributed by atoms with Crippen LogP contribution in [-0.2, 0) is 19.6 Å². The maximum Gasteiger partial charge on any atom is 0.309 e. The first-order valence-electron chi connectivity index (χ1n) is 4.48. The largest absolute Gasteiger partial charge is 0.469 e. The lowest BCUT2D eigenvalue weighted by Gasteiger charge is -2.19. The summed E-state index contributed by atoms with van der Waals surface area (Å²) in [6.45, 7) is 5.09. The first-order chi connectivity index (χ1) is 6.85. The molecule has 0 saturated heterocycles. The highest BCUT2D eigenvalue weighted by Crippen LogP contribution is 2.05. The second-order valence-corrected chi connectivity index (χ2v) is 5.39. The molecule has 0 bridgehead atoms. The molecule has 0 aromatic rings. The zero-order chi connectivity index (χ0) is 12.1. The van der Waals surface area contributed by atoms with Crippen molar-refractivity contribution in [2.45, 2.75) is 6.92 Å². The molecule has 0 aliphatic heterocycles. The van der Waals surface area contributed by atoms with Crippen LogP contribution in [0.2, 0.25) is 0 Å². The molecule has 0 amide bonds. The minimum absolute atomic E-state index is 0.114. The van der Waals surface area contributed by atoms with Gasteiger partial charge in [0.05, 0.1) is 18.8 Å². The third kappa shape index (κ3) is 4.44. The van der Waals surface area contributed by atoms with Crippen molar-refractivity contribution in [2.75, 3.05) is 26.5 Å². The lowest BCUT2D eigenvalue weighted by molar-refractivity contribution is -0.144. The molecule has 0 aliphatic rings. The van der Waals surface area contributed by atoms with Crippen LogP contribution < -0.4 is 0 Å². The lowest BCUT2D eigenvalue weighted by Crippen LogP contribution is -2.35. The number of hydrogen-bond donors (Lipinski definition) is 0. The fourth-order valence-electron chi connectivity index (χ4n) is 1.05. The van der Waals surface area contributed by atoms with Gasteiger partial charge in [-0.1, -0.05) is 13.0 Å². The summed E-state index contributed by atoms with van der Waals surface area (Å²) in [7, 11) is -0.636. The van der Waals surface area contributed by atoms with Crippen LogP contribution in [0.5, 0.6) is 0 Å². The van der Waals surface area contributed by atoms with Crippen molar-refractivity contribution >= 4 is 16.0 Å². The predicted octanol–water partition coefficient (Wildman–Crippen LogP) is 0.243. The van der Waals surface area contributed by atoms with Crippen molar-refractivity contribution in [3.63, 3.8) is 0 Å².